The van der Waals surface area contributed by atoms with Crippen LogP contribution in [0, 0.1) is 0 Å². The average molecular weight is 297 g/mol. The van der Waals surface area contributed by atoms with Crippen LogP contribution >= 0.6 is 11.6 Å². The Labute approximate surface area is 127 Å². The highest BCUT2D eigenvalue weighted by Crippen LogP contribution is 2.28. The Morgan fingerprint density at radius 2 is 2.25 bits per heavy atom. The molecule has 2 rings (SSSR count). The van der Waals surface area contributed by atoms with Crippen LogP contribution in [-0.2, 0) is 0 Å². The first-order valence-corrected chi connectivity index (χ1v) is 7.90. The highest BCUT2D eigenvalue weighted by atomic mass is 35.5. The molecule has 1 aliphatic rings. The fourth-order valence-corrected chi connectivity index (χ4v) is 2.97. The second-order valence-corrected chi connectivity index (χ2v) is 6.03. The molecule has 2 N–H and O–H groups in total. The molecule has 0 bridgehead atoms. The first-order chi connectivity index (χ1) is 9.69. The summed E-state index contributed by atoms with van der Waals surface area (Å²) in [6.07, 6.45) is 6.39. The van der Waals surface area contributed by atoms with Gasteiger partial charge in [-0.25, -0.2) is 0 Å². The number of benzene rings is 1. The molecule has 1 heterocycles. The van der Waals surface area contributed by atoms with Crippen LogP contribution in [0.1, 0.15) is 39.0 Å². The van der Waals surface area contributed by atoms with E-state index in [0.29, 0.717) is 12.1 Å². The van der Waals surface area contributed by atoms with Crippen molar-refractivity contribution in [2.45, 2.75) is 51.1 Å². The van der Waals surface area contributed by atoms with E-state index >= 15 is 0 Å². The molecular formula is C16H25ClN2O. The van der Waals surface area contributed by atoms with Gasteiger partial charge in [-0.05, 0) is 44.9 Å². The number of hydrogen-bond acceptors (Lipinski definition) is 3. The number of ether oxygens (including phenoxy) is 1. The van der Waals surface area contributed by atoms with E-state index in [-0.39, 0.29) is 0 Å². The van der Waals surface area contributed by atoms with E-state index in [1.165, 1.54) is 25.7 Å². The highest BCUT2D eigenvalue weighted by molar-refractivity contribution is 6.33. The maximum absolute atomic E-state index is 6.23. The number of rotatable bonds is 5. The number of nitrogens with one attached hydrogen (secondary N) is 2. The first kappa shape index (κ1) is 15.5. The first-order valence-electron chi connectivity index (χ1n) is 7.52. The molecule has 0 amide bonds. The summed E-state index contributed by atoms with van der Waals surface area (Å²) in [7, 11) is 1.67. The summed E-state index contributed by atoms with van der Waals surface area (Å²) >= 11 is 6.23. The van der Waals surface area contributed by atoms with E-state index in [9.17, 15) is 0 Å². The molecule has 0 radical (unpaired) electrons. The molecule has 1 aromatic carbocycles. The zero-order valence-electron chi connectivity index (χ0n) is 12.4. The van der Waals surface area contributed by atoms with Crippen LogP contribution in [0.3, 0.4) is 0 Å². The van der Waals surface area contributed by atoms with E-state index < -0.39 is 0 Å². The molecule has 20 heavy (non-hydrogen) atoms. The third-order valence-corrected chi connectivity index (χ3v) is 4.21. The van der Waals surface area contributed by atoms with E-state index in [2.05, 4.69) is 17.6 Å². The minimum absolute atomic E-state index is 0.384. The Morgan fingerprint density at radius 3 is 3.05 bits per heavy atom. The Balaban J connectivity index is 1.91. The maximum Gasteiger partial charge on any atom is 0.121 e. The van der Waals surface area contributed by atoms with E-state index in [1.54, 1.807) is 7.11 Å². The molecule has 1 aliphatic heterocycles. The van der Waals surface area contributed by atoms with Crippen LogP contribution in [0.25, 0.3) is 0 Å². The lowest BCUT2D eigenvalue weighted by molar-refractivity contribution is 0.415. The van der Waals surface area contributed by atoms with Crippen LogP contribution < -0.4 is 15.4 Å². The lowest BCUT2D eigenvalue weighted by atomic mass is 10.0. The van der Waals surface area contributed by atoms with Crippen molar-refractivity contribution in [2.24, 2.45) is 0 Å². The monoisotopic (exact) mass is 296 g/mol. The van der Waals surface area contributed by atoms with Gasteiger partial charge in [0.25, 0.3) is 0 Å². The van der Waals surface area contributed by atoms with Gasteiger partial charge in [-0.2, -0.15) is 0 Å². The predicted octanol–water partition coefficient (Wildman–Crippen LogP) is 4.07. The number of hydrogen-bond donors (Lipinski definition) is 2. The highest BCUT2D eigenvalue weighted by Gasteiger charge is 2.15. The van der Waals surface area contributed by atoms with Gasteiger partial charge in [0.15, 0.2) is 0 Å². The van der Waals surface area contributed by atoms with Gasteiger partial charge in [0.1, 0.15) is 5.75 Å². The third-order valence-electron chi connectivity index (χ3n) is 3.88. The van der Waals surface area contributed by atoms with E-state index in [1.807, 2.05) is 18.2 Å². The van der Waals surface area contributed by atoms with Crippen molar-refractivity contribution in [1.29, 1.82) is 0 Å². The number of halogens is 1. The molecular weight excluding hydrogens is 272 g/mol. The topological polar surface area (TPSA) is 33.3 Å². The molecule has 4 heteroatoms. The molecule has 112 valence electrons. The van der Waals surface area contributed by atoms with Gasteiger partial charge in [0, 0.05) is 18.2 Å². The molecule has 2 unspecified atom stereocenters. The van der Waals surface area contributed by atoms with E-state index in [4.69, 9.17) is 16.3 Å². The van der Waals surface area contributed by atoms with Crippen molar-refractivity contribution in [3.63, 3.8) is 0 Å². The Bertz CT molecular complexity index is 417. The summed E-state index contributed by atoms with van der Waals surface area (Å²) in [5.74, 6) is 0.830. The van der Waals surface area contributed by atoms with Crippen molar-refractivity contribution in [3.8, 4) is 5.75 Å². The van der Waals surface area contributed by atoms with Gasteiger partial charge in [0.2, 0.25) is 0 Å². The Morgan fingerprint density at radius 1 is 1.40 bits per heavy atom. The molecule has 1 aromatic rings. The van der Waals surface area contributed by atoms with Gasteiger partial charge in [-0.3, -0.25) is 0 Å². The van der Waals surface area contributed by atoms with Crippen molar-refractivity contribution in [3.05, 3.63) is 23.2 Å². The zero-order valence-corrected chi connectivity index (χ0v) is 13.2. The van der Waals surface area contributed by atoms with Crippen molar-refractivity contribution in [1.82, 2.24) is 5.32 Å². The quantitative estimate of drug-likeness (QED) is 0.859. The summed E-state index contributed by atoms with van der Waals surface area (Å²) in [6, 6.07) is 6.71. The van der Waals surface area contributed by atoms with Crippen molar-refractivity contribution < 1.29 is 4.74 Å². The zero-order chi connectivity index (χ0) is 14.4. The van der Waals surface area contributed by atoms with Crippen LogP contribution in [-0.4, -0.2) is 25.7 Å². The SMILES string of the molecule is COc1ccc(Cl)c(NC(C)CC2CCCCCN2)c1. The molecule has 2 atom stereocenters. The van der Waals surface area contributed by atoms with Gasteiger partial charge in [0.05, 0.1) is 17.8 Å². The van der Waals surface area contributed by atoms with Gasteiger partial charge >= 0.3 is 0 Å². The summed E-state index contributed by atoms with van der Waals surface area (Å²) in [6.45, 7) is 3.36. The fourth-order valence-electron chi connectivity index (χ4n) is 2.80. The summed E-state index contributed by atoms with van der Waals surface area (Å²) in [5, 5.41) is 7.88. The van der Waals surface area contributed by atoms with Gasteiger partial charge < -0.3 is 15.4 Å². The smallest absolute Gasteiger partial charge is 0.121 e. The van der Waals surface area contributed by atoms with Crippen molar-refractivity contribution >= 4 is 17.3 Å². The molecule has 0 spiro atoms. The largest absolute Gasteiger partial charge is 0.497 e. The number of methoxy groups -OCH3 is 1. The van der Waals surface area contributed by atoms with Crippen LogP contribution in [0.4, 0.5) is 5.69 Å². The number of anilines is 1. The van der Waals surface area contributed by atoms with Crippen LogP contribution in [0.15, 0.2) is 18.2 Å². The molecule has 1 saturated heterocycles. The second-order valence-electron chi connectivity index (χ2n) is 5.63. The molecule has 0 saturated carbocycles. The normalized spacial score (nSPS) is 21.1. The second kappa shape index (κ2) is 7.75. The van der Waals surface area contributed by atoms with Crippen LogP contribution in [0.5, 0.6) is 5.75 Å². The molecule has 0 aromatic heterocycles. The maximum atomic E-state index is 6.23. The Hall–Kier alpha value is -0.930. The summed E-state index contributed by atoms with van der Waals surface area (Å²) in [5.41, 5.74) is 0.951. The average Bonchev–Trinajstić information content (AvgIpc) is 2.70. The lowest BCUT2D eigenvalue weighted by Gasteiger charge is -2.23. The fraction of sp³-hybridized carbons (Fsp3) is 0.625. The van der Waals surface area contributed by atoms with E-state index in [0.717, 1.165) is 29.4 Å². The standard InChI is InChI=1S/C16H25ClN2O/c1-12(10-13-6-4-3-5-9-18-13)19-16-11-14(20-2)7-8-15(16)17/h7-8,11-13,18-19H,3-6,9-10H2,1-2H3. The van der Waals surface area contributed by atoms with Crippen molar-refractivity contribution in [2.75, 3.05) is 19.0 Å². The minimum Gasteiger partial charge on any atom is -0.497 e. The molecule has 0 aliphatic carbocycles. The predicted molar refractivity (Wildman–Crippen MR) is 86.0 cm³/mol. The van der Waals surface area contributed by atoms with Crippen LogP contribution in [0.2, 0.25) is 5.02 Å². The Kier molecular flexibility index (Phi) is 5.99. The molecule has 3 nitrogen and oxygen atoms in total. The summed E-state index contributed by atoms with van der Waals surface area (Å²) < 4.78 is 5.25. The molecule has 1 fully saturated rings. The van der Waals surface area contributed by atoms with Gasteiger partial charge in [-0.1, -0.05) is 24.4 Å². The van der Waals surface area contributed by atoms with Gasteiger partial charge in [-0.15, -0.1) is 0 Å². The minimum atomic E-state index is 0.384. The third kappa shape index (κ3) is 4.57. The summed E-state index contributed by atoms with van der Waals surface area (Å²) in [4.78, 5) is 0. The lowest BCUT2D eigenvalue weighted by Crippen LogP contribution is -2.33.